The van der Waals surface area contributed by atoms with Crippen LogP contribution in [0.4, 0.5) is 0 Å². The predicted octanol–water partition coefficient (Wildman–Crippen LogP) is 2.36. The first-order chi connectivity index (χ1) is 8.29. The third-order valence-electron chi connectivity index (χ3n) is 3.34. The van der Waals surface area contributed by atoms with Crippen LogP contribution in [0.3, 0.4) is 0 Å². The van der Waals surface area contributed by atoms with Crippen LogP contribution in [0.1, 0.15) is 37.6 Å². The van der Waals surface area contributed by atoms with Gasteiger partial charge in [0, 0.05) is 25.4 Å². The highest BCUT2D eigenvalue weighted by Gasteiger charge is 2.13. The van der Waals surface area contributed by atoms with E-state index in [9.17, 15) is 0 Å². The third kappa shape index (κ3) is 3.75. The van der Waals surface area contributed by atoms with Crippen molar-refractivity contribution in [2.75, 3.05) is 12.3 Å². The minimum atomic E-state index is 0.822. The van der Waals surface area contributed by atoms with Crippen LogP contribution in [-0.4, -0.2) is 27.3 Å². The summed E-state index contributed by atoms with van der Waals surface area (Å²) >= 11 is 2.13. The number of nitrogens with zero attached hydrogens (tertiary/aromatic N) is 2. The molecule has 2 rings (SSSR count). The van der Waals surface area contributed by atoms with E-state index in [0.717, 1.165) is 24.8 Å². The first-order valence-electron chi connectivity index (χ1n) is 6.63. The Kier molecular flexibility index (Phi) is 4.92. The molecule has 0 bridgehead atoms. The Bertz CT molecular complexity index is 342. The largest absolute Gasteiger partial charge is 0.310 e. The van der Waals surface area contributed by atoms with Gasteiger partial charge in [0.15, 0.2) is 0 Å². The number of thioether (sulfide) groups is 1. The maximum Gasteiger partial charge on any atom is 0.0625 e. The van der Waals surface area contributed by atoms with E-state index in [1.807, 2.05) is 11.7 Å². The highest BCUT2D eigenvalue weighted by Crippen LogP contribution is 2.24. The Morgan fingerprint density at radius 3 is 3.06 bits per heavy atom. The third-order valence-corrected chi connectivity index (χ3v) is 4.74. The molecule has 1 aliphatic rings. The van der Waals surface area contributed by atoms with Crippen molar-refractivity contribution in [3.05, 3.63) is 17.5 Å². The van der Waals surface area contributed by atoms with Crippen LogP contribution in [0.2, 0.25) is 0 Å². The number of hydrogen-bond acceptors (Lipinski definition) is 3. The summed E-state index contributed by atoms with van der Waals surface area (Å²) in [6, 6.07) is 2.21. The van der Waals surface area contributed by atoms with Crippen LogP contribution in [0.5, 0.6) is 0 Å². The van der Waals surface area contributed by atoms with Gasteiger partial charge >= 0.3 is 0 Å². The molecule has 0 aromatic carbocycles. The van der Waals surface area contributed by atoms with E-state index in [4.69, 9.17) is 0 Å². The molecule has 1 fully saturated rings. The molecule has 17 heavy (non-hydrogen) atoms. The predicted molar refractivity (Wildman–Crippen MR) is 74.4 cm³/mol. The number of rotatable bonds is 5. The highest BCUT2D eigenvalue weighted by molar-refractivity contribution is 7.99. The molecule has 0 radical (unpaired) electrons. The van der Waals surface area contributed by atoms with Crippen molar-refractivity contribution in [2.24, 2.45) is 7.05 Å². The van der Waals surface area contributed by atoms with Gasteiger partial charge in [-0.3, -0.25) is 4.68 Å². The second-order valence-corrected chi connectivity index (χ2v) is 6.13. The summed E-state index contributed by atoms with van der Waals surface area (Å²) in [5.74, 6) is 1.35. The van der Waals surface area contributed by atoms with Crippen molar-refractivity contribution in [1.29, 1.82) is 0 Å². The zero-order chi connectivity index (χ0) is 12.1. The van der Waals surface area contributed by atoms with E-state index < -0.39 is 0 Å². The molecule has 4 heteroatoms. The van der Waals surface area contributed by atoms with Gasteiger partial charge in [0.2, 0.25) is 0 Å². The molecule has 0 spiro atoms. The molecular formula is C13H23N3S. The molecule has 1 unspecified atom stereocenters. The van der Waals surface area contributed by atoms with Crippen molar-refractivity contribution in [1.82, 2.24) is 15.1 Å². The summed E-state index contributed by atoms with van der Waals surface area (Å²) in [5.41, 5.74) is 2.49. The van der Waals surface area contributed by atoms with Crippen molar-refractivity contribution < 1.29 is 0 Å². The average molecular weight is 253 g/mol. The lowest BCUT2D eigenvalue weighted by atomic mass is 10.2. The maximum atomic E-state index is 4.47. The Morgan fingerprint density at radius 1 is 1.53 bits per heavy atom. The average Bonchev–Trinajstić information content (AvgIpc) is 2.72. The van der Waals surface area contributed by atoms with Crippen LogP contribution in [0.25, 0.3) is 0 Å². The smallest absolute Gasteiger partial charge is 0.0625 e. The second kappa shape index (κ2) is 6.45. The van der Waals surface area contributed by atoms with Crippen LogP contribution in [-0.2, 0) is 20.0 Å². The summed E-state index contributed by atoms with van der Waals surface area (Å²) in [6.07, 6.45) is 5.21. The zero-order valence-corrected chi connectivity index (χ0v) is 11.7. The minimum absolute atomic E-state index is 0.822. The molecule has 0 saturated carbocycles. The summed E-state index contributed by atoms with van der Waals surface area (Å²) in [6.45, 7) is 4.23. The molecule has 1 N–H and O–H groups in total. The first kappa shape index (κ1) is 13.0. The van der Waals surface area contributed by atoms with Gasteiger partial charge in [-0.15, -0.1) is 0 Å². The van der Waals surface area contributed by atoms with E-state index in [-0.39, 0.29) is 0 Å². The molecule has 3 nitrogen and oxygen atoms in total. The Morgan fingerprint density at radius 2 is 2.41 bits per heavy atom. The van der Waals surface area contributed by atoms with Gasteiger partial charge in [0.1, 0.15) is 0 Å². The topological polar surface area (TPSA) is 29.9 Å². The van der Waals surface area contributed by atoms with E-state index in [1.165, 1.54) is 36.4 Å². The summed E-state index contributed by atoms with van der Waals surface area (Å²) < 4.78 is 2.00. The van der Waals surface area contributed by atoms with Crippen molar-refractivity contribution >= 4 is 11.8 Å². The Hall–Kier alpha value is -0.480. The molecule has 2 heterocycles. The highest BCUT2D eigenvalue weighted by atomic mass is 32.2. The quantitative estimate of drug-likeness (QED) is 0.873. The van der Waals surface area contributed by atoms with E-state index in [2.05, 4.69) is 35.2 Å². The van der Waals surface area contributed by atoms with Crippen molar-refractivity contribution in [3.8, 4) is 0 Å². The number of aryl methyl sites for hydroxylation is 2. The van der Waals surface area contributed by atoms with Gasteiger partial charge in [-0.05, 0) is 31.1 Å². The van der Waals surface area contributed by atoms with Gasteiger partial charge in [0.25, 0.3) is 0 Å². The fourth-order valence-corrected chi connectivity index (χ4v) is 3.51. The summed E-state index contributed by atoms with van der Waals surface area (Å²) in [5, 5.41) is 8.86. The van der Waals surface area contributed by atoms with Crippen LogP contribution >= 0.6 is 11.8 Å². The molecule has 1 aromatic rings. The van der Waals surface area contributed by atoms with Gasteiger partial charge in [-0.2, -0.15) is 16.9 Å². The monoisotopic (exact) mass is 253 g/mol. The number of nitrogens with one attached hydrogen (secondary N) is 1. The van der Waals surface area contributed by atoms with E-state index in [0.29, 0.717) is 0 Å². The Labute approximate surface area is 108 Å². The summed E-state index contributed by atoms with van der Waals surface area (Å²) in [7, 11) is 2.03. The standard InChI is InChI=1S/C13H23N3S/c1-3-11-8-12(16(2)15-11)9-14-10-13-6-4-5-7-17-13/h8,13-14H,3-7,9-10H2,1-2H3. The lowest BCUT2D eigenvalue weighted by Gasteiger charge is -2.21. The fourth-order valence-electron chi connectivity index (χ4n) is 2.24. The zero-order valence-electron chi connectivity index (χ0n) is 10.9. The van der Waals surface area contributed by atoms with Crippen LogP contribution in [0, 0.1) is 0 Å². The first-order valence-corrected chi connectivity index (χ1v) is 7.68. The Balaban J connectivity index is 1.75. The molecule has 1 saturated heterocycles. The molecule has 1 aromatic heterocycles. The lowest BCUT2D eigenvalue weighted by molar-refractivity contribution is 0.577. The second-order valence-electron chi connectivity index (χ2n) is 4.72. The van der Waals surface area contributed by atoms with E-state index >= 15 is 0 Å². The fraction of sp³-hybridized carbons (Fsp3) is 0.769. The molecule has 1 atom stereocenters. The number of hydrogen-bond donors (Lipinski definition) is 1. The molecule has 1 aliphatic heterocycles. The normalized spacial score (nSPS) is 20.7. The van der Waals surface area contributed by atoms with Crippen molar-refractivity contribution in [2.45, 2.75) is 44.4 Å². The van der Waals surface area contributed by atoms with Gasteiger partial charge in [-0.1, -0.05) is 13.3 Å². The minimum Gasteiger partial charge on any atom is -0.310 e. The van der Waals surface area contributed by atoms with Crippen molar-refractivity contribution in [3.63, 3.8) is 0 Å². The molecule has 0 amide bonds. The number of aromatic nitrogens is 2. The van der Waals surface area contributed by atoms with E-state index in [1.54, 1.807) is 0 Å². The van der Waals surface area contributed by atoms with Crippen LogP contribution in [0.15, 0.2) is 6.07 Å². The SMILES string of the molecule is CCc1cc(CNCC2CCCCS2)n(C)n1. The lowest BCUT2D eigenvalue weighted by Crippen LogP contribution is -2.27. The maximum absolute atomic E-state index is 4.47. The summed E-state index contributed by atoms with van der Waals surface area (Å²) in [4.78, 5) is 0. The molecular weight excluding hydrogens is 230 g/mol. The molecule has 96 valence electrons. The van der Waals surface area contributed by atoms with Gasteiger partial charge < -0.3 is 5.32 Å². The van der Waals surface area contributed by atoms with Gasteiger partial charge in [0.05, 0.1) is 11.4 Å². The van der Waals surface area contributed by atoms with Gasteiger partial charge in [-0.25, -0.2) is 0 Å². The van der Waals surface area contributed by atoms with Crippen LogP contribution < -0.4 is 5.32 Å². The molecule has 0 aliphatic carbocycles.